The number of nitrogens with zero attached hydrogens (tertiary/aromatic N) is 2. The summed E-state index contributed by atoms with van der Waals surface area (Å²) in [5, 5.41) is 9.84. The van der Waals surface area contributed by atoms with E-state index in [9.17, 15) is 9.59 Å². The minimum atomic E-state index is -0.668. The minimum Gasteiger partial charge on any atom is -0.370 e. The van der Waals surface area contributed by atoms with Gasteiger partial charge in [0.25, 0.3) is 5.91 Å². The molecule has 4 aromatic rings. The van der Waals surface area contributed by atoms with Crippen LogP contribution in [0.5, 0.6) is 0 Å². The van der Waals surface area contributed by atoms with Crippen molar-refractivity contribution in [3.63, 3.8) is 0 Å². The third kappa shape index (κ3) is 8.05. The molecule has 0 fully saturated rings. The predicted molar refractivity (Wildman–Crippen MR) is 156 cm³/mol. The van der Waals surface area contributed by atoms with Crippen LogP contribution in [0.25, 0.3) is 10.8 Å². The summed E-state index contributed by atoms with van der Waals surface area (Å²) in [7, 11) is 0. The lowest BCUT2D eigenvalue weighted by atomic mass is 10.1. The number of amides is 3. The Balaban J connectivity index is 1.25. The van der Waals surface area contributed by atoms with Crippen molar-refractivity contribution >= 4 is 34.6 Å². The molecule has 0 saturated carbocycles. The zero-order chi connectivity index (χ0) is 28.3. The zero-order valence-corrected chi connectivity index (χ0v) is 21.8. The Morgan fingerprint density at radius 3 is 2.27 bits per heavy atom. The Morgan fingerprint density at radius 1 is 0.775 bits per heavy atom. The molecular weight excluding hydrogens is 504 g/mol. The van der Waals surface area contributed by atoms with Crippen LogP contribution in [-0.4, -0.2) is 23.9 Å². The Kier molecular flexibility index (Phi) is 9.26. The van der Waals surface area contributed by atoms with Crippen molar-refractivity contribution in [1.29, 1.82) is 0 Å². The maximum atomic E-state index is 12.7. The van der Waals surface area contributed by atoms with Gasteiger partial charge in [0.2, 0.25) is 0 Å². The highest BCUT2D eigenvalue weighted by molar-refractivity contribution is 6.03. The van der Waals surface area contributed by atoms with Crippen LogP contribution in [0.3, 0.4) is 0 Å². The van der Waals surface area contributed by atoms with Gasteiger partial charge in [0, 0.05) is 24.2 Å². The molecule has 4 rings (SSSR count). The number of urea groups is 1. The first-order valence-corrected chi connectivity index (χ1v) is 12.5. The lowest BCUT2D eigenvalue weighted by Gasteiger charge is -2.09. The van der Waals surface area contributed by atoms with E-state index in [0.29, 0.717) is 18.7 Å². The molecule has 3 amide bonds. The average Bonchev–Trinajstić information content (AvgIpc) is 2.97. The van der Waals surface area contributed by atoms with Crippen LogP contribution in [-0.2, 0) is 26.2 Å². The van der Waals surface area contributed by atoms with Crippen molar-refractivity contribution < 1.29 is 9.59 Å². The Labute approximate surface area is 232 Å². The summed E-state index contributed by atoms with van der Waals surface area (Å²) < 4.78 is 0. The number of hydrogen-bond donors (Lipinski definition) is 6. The van der Waals surface area contributed by atoms with Crippen LogP contribution in [0.4, 0.5) is 4.79 Å². The van der Waals surface area contributed by atoms with Crippen LogP contribution >= 0.6 is 0 Å². The number of nitrogens with two attached hydrogens (primary N) is 3. The Hall–Kier alpha value is -5.40. The van der Waals surface area contributed by atoms with Gasteiger partial charge >= 0.3 is 6.03 Å². The molecule has 10 nitrogen and oxygen atoms in total. The van der Waals surface area contributed by atoms with Crippen LogP contribution in [0.1, 0.15) is 32.6 Å². The number of hydrogen-bond acceptors (Lipinski definition) is 5. The van der Waals surface area contributed by atoms with Crippen molar-refractivity contribution in [2.24, 2.45) is 27.2 Å². The summed E-state index contributed by atoms with van der Waals surface area (Å²) in [6, 6.07) is 29.8. The molecule has 0 unspecified atom stereocenters. The molecule has 0 saturated heterocycles. The van der Waals surface area contributed by atoms with Crippen LogP contribution in [0, 0.1) is 12.1 Å². The van der Waals surface area contributed by atoms with E-state index in [0.717, 1.165) is 33.0 Å². The van der Waals surface area contributed by atoms with Gasteiger partial charge in [-0.1, -0.05) is 66.7 Å². The fourth-order valence-corrected chi connectivity index (χ4v) is 3.87. The quantitative estimate of drug-likeness (QED) is 0.150. The second kappa shape index (κ2) is 13.4. The van der Waals surface area contributed by atoms with E-state index in [1.807, 2.05) is 72.8 Å². The summed E-state index contributed by atoms with van der Waals surface area (Å²) in [5.74, 6) is -0.328. The first-order valence-electron chi connectivity index (χ1n) is 12.5. The first-order chi connectivity index (χ1) is 19.4. The molecule has 0 aromatic heterocycles. The van der Waals surface area contributed by atoms with Gasteiger partial charge in [-0.25, -0.2) is 14.8 Å². The van der Waals surface area contributed by atoms with E-state index in [1.165, 1.54) is 0 Å². The lowest BCUT2D eigenvalue weighted by molar-refractivity contribution is 0.0951. The number of fused-ring (bicyclic) bond motifs is 1. The van der Waals surface area contributed by atoms with E-state index < -0.39 is 6.03 Å². The second-order valence-electron chi connectivity index (χ2n) is 8.91. The average molecular weight is 535 g/mol. The van der Waals surface area contributed by atoms with Crippen molar-refractivity contribution in [2.45, 2.75) is 26.2 Å². The Morgan fingerprint density at radius 2 is 1.50 bits per heavy atom. The normalized spacial score (nSPS) is 11.5. The molecule has 0 atom stereocenters. The SMILES string of the molecule is NCc1cc#cc(CN=C(N)NC(=O)NC(N)=NCc2cccc(CNC(=O)c3ccc4ccccc4c3)c2)c1. The summed E-state index contributed by atoms with van der Waals surface area (Å²) in [6.07, 6.45) is 0. The number of guanidine groups is 2. The van der Waals surface area contributed by atoms with Crippen LogP contribution in [0.2, 0.25) is 0 Å². The molecule has 0 heterocycles. The van der Waals surface area contributed by atoms with Gasteiger partial charge in [-0.15, -0.1) is 0 Å². The number of aliphatic imine (C=N–C) groups is 2. The fraction of sp³-hybridized carbons (Fsp3) is 0.133. The topological polar surface area (TPSA) is 173 Å². The van der Waals surface area contributed by atoms with Gasteiger partial charge in [-0.3, -0.25) is 15.4 Å². The lowest BCUT2D eigenvalue weighted by Crippen LogP contribution is -2.48. The molecule has 40 heavy (non-hydrogen) atoms. The molecule has 0 aliphatic rings. The number of nitrogens with one attached hydrogen (secondary N) is 3. The van der Waals surface area contributed by atoms with Gasteiger partial charge in [-0.05, 0) is 51.7 Å². The molecule has 0 radical (unpaired) electrons. The van der Waals surface area contributed by atoms with Gasteiger partial charge < -0.3 is 22.5 Å². The van der Waals surface area contributed by atoms with E-state index in [1.54, 1.807) is 6.07 Å². The molecule has 10 heteroatoms. The molecule has 9 N–H and O–H groups in total. The number of rotatable bonds is 8. The van der Waals surface area contributed by atoms with E-state index in [2.05, 4.69) is 38.1 Å². The van der Waals surface area contributed by atoms with Crippen molar-refractivity contribution in [2.75, 3.05) is 0 Å². The summed E-state index contributed by atoms with van der Waals surface area (Å²) in [5.41, 5.74) is 21.2. The van der Waals surface area contributed by atoms with E-state index in [4.69, 9.17) is 17.2 Å². The maximum Gasteiger partial charge on any atom is 0.328 e. The van der Waals surface area contributed by atoms with Crippen molar-refractivity contribution in [3.05, 3.63) is 119 Å². The molecule has 0 aliphatic heterocycles. The molecule has 4 aromatic carbocycles. The zero-order valence-electron chi connectivity index (χ0n) is 21.8. The van der Waals surface area contributed by atoms with E-state index >= 15 is 0 Å². The summed E-state index contributed by atoms with van der Waals surface area (Å²) in [6.45, 7) is 1.17. The van der Waals surface area contributed by atoms with Crippen LogP contribution in [0.15, 0.2) is 88.8 Å². The van der Waals surface area contributed by atoms with Gasteiger partial charge in [0.1, 0.15) is 0 Å². The van der Waals surface area contributed by atoms with Crippen LogP contribution < -0.4 is 33.2 Å². The van der Waals surface area contributed by atoms with Crippen molar-refractivity contribution in [3.8, 4) is 0 Å². The minimum absolute atomic E-state index is 0.0844. The fourth-order valence-electron chi connectivity index (χ4n) is 3.87. The second-order valence-corrected chi connectivity index (χ2v) is 8.91. The molecule has 202 valence electrons. The van der Waals surface area contributed by atoms with Gasteiger partial charge in [0.15, 0.2) is 11.9 Å². The number of benzene rings is 3. The maximum absolute atomic E-state index is 12.7. The molecule has 0 aliphatic carbocycles. The van der Waals surface area contributed by atoms with Gasteiger partial charge in [-0.2, -0.15) is 0 Å². The standard InChI is InChI=1S/C30H30N8O2/c31-16-20-5-3-6-21(13-20)18-35-28(32)37-30(40)38-29(33)36-19-23-8-4-7-22(14-23)17-34-27(39)26-12-11-24-9-1-2-10-25(24)15-26/h1-2,4-5,7-15H,16-19,31H2,(H,34,39)(H6,32,33,35,36,37,38,40). The molecular formula is C30H30N8O2. The largest absolute Gasteiger partial charge is 0.370 e. The molecule has 0 bridgehead atoms. The Bertz CT molecular complexity index is 1560. The third-order valence-corrected chi connectivity index (χ3v) is 5.88. The predicted octanol–water partition coefficient (Wildman–Crippen LogP) is 2.46. The molecule has 0 spiro atoms. The highest BCUT2D eigenvalue weighted by atomic mass is 16.2. The van der Waals surface area contributed by atoms with E-state index in [-0.39, 0.29) is 30.9 Å². The number of carbonyl (C=O) groups excluding carboxylic acids is 2. The monoisotopic (exact) mass is 534 g/mol. The third-order valence-electron chi connectivity index (χ3n) is 5.88. The van der Waals surface area contributed by atoms with Crippen molar-refractivity contribution in [1.82, 2.24) is 16.0 Å². The summed E-state index contributed by atoms with van der Waals surface area (Å²) in [4.78, 5) is 33.1. The highest BCUT2D eigenvalue weighted by Crippen LogP contribution is 2.16. The smallest absolute Gasteiger partial charge is 0.328 e. The number of carbonyl (C=O) groups is 2. The first kappa shape index (κ1) is 27.6. The summed E-state index contributed by atoms with van der Waals surface area (Å²) >= 11 is 0. The van der Waals surface area contributed by atoms with Gasteiger partial charge in [0.05, 0.1) is 13.1 Å². The highest BCUT2D eigenvalue weighted by Gasteiger charge is 2.07.